The lowest BCUT2D eigenvalue weighted by Gasteiger charge is -2.39. The van der Waals surface area contributed by atoms with Crippen molar-refractivity contribution in [1.82, 2.24) is 10.2 Å². The Morgan fingerprint density at radius 2 is 1.95 bits per heavy atom. The summed E-state index contributed by atoms with van der Waals surface area (Å²) in [4.78, 5) is 2.72. The summed E-state index contributed by atoms with van der Waals surface area (Å²) >= 11 is 1.98. The molecule has 1 atom stereocenters. The first-order valence-electron chi connectivity index (χ1n) is 8.35. The highest BCUT2D eigenvalue weighted by molar-refractivity contribution is 7.98. The van der Waals surface area contributed by atoms with Crippen molar-refractivity contribution in [3.63, 3.8) is 0 Å². The molecule has 2 rings (SSSR count). The molecule has 112 valence electrons. The van der Waals surface area contributed by atoms with Crippen molar-refractivity contribution >= 4 is 11.8 Å². The van der Waals surface area contributed by atoms with Crippen LogP contribution in [0.2, 0.25) is 0 Å². The maximum Gasteiger partial charge on any atom is 0.0223 e. The predicted molar refractivity (Wildman–Crippen MR) is 87.0 cm³/mol. The minimum atomic E-state index is 0.792. The van der Waals surface area contributed by atoms with Crippen molar-refractivity contribution in [2.24, 2.45) is 5.92 Å². The number of unbranched alkanes of at least 4 members (excludes halogenated alkanes) is 2. The van der Waals surface area contributed by atoms with Crippen molar-refractivity contribution in [3.05, 3.63) is 0 Å². The van der Waals surface area contributed by atoms with E-state index in [1.54, 1.807) is 0 Å². The van der Waals surface area contributed by atoms with Crippen LogP contribution in [0.5, 0.6) is 0 Å². The van der Waals surface area contributed by atoms with Crippen LogP contribution >= 0.6 is 11.8 Å². The first-order chi connectivity index (χ1) is 9.40. The average molecular weight is 285 g/mol. The minimum absolute atomic E-state index is 0.792. The molecular weight excluding hydrogens is 252 g/mol. The Balaban J connectivity index is 1.62. The summed E-state index contributed by atoms with van der Waals surface area (Å²) in [5.41, 5.74) is 0. The van der Waals surface area contributed by atoms with Gasteiger partial charge >= 0.3 is 0 Å². The SMILES string of the molecule is CSCCCCCN1CCNC(C2CCCCC2)C1. The van der Waals surface area contributed by atoms with Crippen LogP contribution in [0.4, 0.5) is 0 Å². The molecule has 1 heterocycles. The topological polar surface area (TPSA) is 15.3 Å². The van der Waals surface area contributed by atoms with Gasteiger partial charge in [-0.2, -0.15) is 11.8 Å². The zero-order valence-electron chi connectivity index (χ0n) is 12.7. The number of thioether (sulfide) groups is 1. The van der Waals surface area contributed by atoms with Gasteiger partial charge in [0.15, 0.2) is 0 Å². The minimum Gasteiger partial charge on any atom is -0.311 e. The lowest BCUT2D eigenvalue weighted by Crippen LogP contribution is -2.54. The normalized spacial score (nSPS) is 26.7. The number of piperazine rings is 1. The molecule has 1 saturated heterocycles. The molecule has 1 aliphatic carbocycles. The average Bonchev–Trinajstić information content (AvgIpc) is 2.48. The molecule has 1 saturated carbocycles. The van der Waals surface area contributed by atoms with Crippen LogP contribution in [0.15, 0.2) is 0 Å². The van der Waals surface area contributed by atoms with Crippen LogP contribution in [0.3, 0.4) is 0 Å². The second kappa shape index (κ2) is 9.25. The zero-order chi connectivity index (χ0) is 13.3. The smallest absolute Gasteiger partial charge is 0.0223 e. The van der Waals surface area contributed by atoms with Crippen LogP contribution < -0.4 is 5.32 Å². The first-order valence-corrected chi connectivity index (χ1v) is 9.74. The molecule has 0 aromatic rings. The Morgan fingerprint density at radius 3 is 2.74 bits per heavy atom. The van der Waals surface area contributed by atoms with E-state index >= 15 is 0 Å². The van der Waals surface area contributed by atoms with Crippen molar-refractivity contribution < 1.29 is 0 Å². The fraction of sp³-hybridized carbons (Fsp3) is 1.00. The van der Waals surface area contributed by atoms with Crippen molar-refractivity contribution in [2.45, 2.75) is 57.4 Å². The third-order valence-electron chi connectivity index (χ3n) is 4.83. The number of nitrogens with zero attached hydrogens (tertiary/aromatic N) is 1. The number of hydrogen-bond donors (Lipinski definition) is 1. The summed E-state index contributed by atoms with van der Waals surface area (Å²) in [5.74, 6) is 2.31. The molecule has 3 heteroatoms. The highest BCUT2D eigenvalue weighted by Gasteiger charge is 2.27. The molecule has 0 spiro atoms. The van der Waals surface area contributed by atoms with E-state index in [2.05, 4.69) is 16.5 Å². The Bertz CT molecular complexity index is 229. The largest absolute Gasteiger partial charge is 0.311 e. The Morgan fingerprint density at radius 1 is 1.11 bits per heavy atom. The molecular formula is C16H32N2S. The molecule has 19 heavy (non-hydrogen) atoms. The van der Waals surface area contributed by atoms with Gasteiger partial charge in [-0.3, -0.25) is 0 Å². The van der Waals surface area contributed by atoms with Crippen LogP contribution in [0.25, 0.3) is 0 Å². The summed E-state index contributed by atoms with van der Waals surface area (Å²) in [7, 11) is 0. The van der Waals surface area contributed by atoms with Crippen LogP contribution in [-0.4, -0.2) is 49.1 Å². The van der Waals surface area contributed by atoms with E-state index in [0.717, 1.165) is 12.0 Å². The third-order valence-corrected chi connectivity index (χ3v) is 5.53. The molecule has 0 bridgehead atoms. The van der Waals surface area contributed by atoms with E-state index in [4.69, 9.17) is 0 Å². The maximum atomic E-state index is 3.78. The molecule has 2 nitrogen and oxygen atoms in total. The van der Waals surface area contributed by atoms with E-state index < -0.39 is 0 Å². The van der Waals surface area contributed by atoms with Crippen molar-refractivity contribution in [3.8, 4) is 0 Å². The molecule has 0 amide bonds. The van der Waals surface area contributed by atoms with Crippen molar-refractivity contribution in [1.29, 1.82) is 0 Å². The van der Waals surface area contributed by atoms with Gasteiger partial charge in [0.2, 0.25) is 0 Å². The Hall–Kier alpha value is 0.270. The van der Waals surface area contributed by atoms with Gasteiger partial charge in [0.1, 0.15) is 0 Å². The van der Waals surface area contributed by atoms with Gasteiger partial charge in [-0.1, -0.05) is 25.7 Å². The van der Waals surface area contributed by atoms with E-state index in [0.29, 0.717) is 0 Å². The van der Waals surface area contributed by atoms with Gasteiger partial charge < -0.3 is 10.2 Å². The lowest BCUT2D eigenvalue weighted by molar-refractivity contribution is 0.144. The summed E-state index contributed by atoms with van der Waals surface area (Å²) in [5, 5.41) is 3.78. The molecule has 0 aromatic carbocycles. The van der Waals surface area contributed by atoms with Crippen LogP contribution in [-0.2, 0) is 0 Å². The Kier molecular flexibility index (Phi) is 7.62. The Labute approximate surface area is 124 Å². The monoisotopic (exact) mass is 284 g/mol. The molecule has 2 fully saturated rings. The predicted octanol–water partition coefficient (Wildman–Crippen LogP) is 3.37. The van der Waals surface area contributed by atoms with Gasteiger partial charge in [0.25, 0.3) is 0 Å². The van der Waals surface area contributed by atoms with E-state index in [9.17, 15) is 0 Å². The maximum absolute atomic E-state index is 3.78. The molecule has 1 aliphatic heterocycles. The fourth-order valence-corrected chi connectivity index (χ4v) is 4.15. The summed E-state index contributed by atoms with van der Waals surface area (Å²) in [6, 6.07) is 0.792. The number of hydrogen-bond acceptors (Lipinski definition) is 3. The fourth-order valence-electron chi connectivity index (χ4n) is 3.66. The molecule has 1 unspecified atom stereocenters. The third kappa shape index (κ3) is 5.65. The van der Waals surface area contributed by atoms with Gasteiger partial charge in [-0.15, -0.1) is 0 Å². The lowest BCUT2D eigenvalue weighted by atomic mass is 9.83. The second-order valence-electron chi connectivity index (χ2n) is 6.31. The first kappa shape index (κ1) is 15.7. The number of nitrogens with one attached hydrogen (secondary N) is 1. The number of rotatable bonds is 7. The molecule has 0 aromatic heterocycles. The van der Waals surface area contributed by atoms with E-state index in [1.165, 1.54) is 83.3 Å². The molecule has 2 aliphatic rings. The van der Waals surface area contributed by atoms with Gasteiger partial charge in [0, 0.05) is 25.7 Å². The van der Waals surface area contributed by atoms with Gasteiger partial charge in [-0.25, -0.2) is 0 Å². The summed E-state index contributed by atoms with van der Waals surface area (Å²) < 4.78 is 0. The van der Waals surface area contributed by atoms with Crippen LogP contribution in [0.1, 0.15) is 51.4 Å². The van der Waals surface area contributed by atoms with E-state index in [1.807, 2.05) is 11.8 Å². The molecule has 1 N–H and O–H groups in total. The van der Waals surface area contributed by atoms with Crippen molar-refractivity contribution in [2.75, 3.05) is 38.2 Å². The standard InChI is InChI=1S/C16H32N2S/c1-19-13-7-3-6-11-18-12-10-17-16(14-18)15-8-4-2-5-9-15/h15-17H,2-14H2,1H3. The van der Waals surface area contributed by atoms with Gasteiger partial charge in [0.05, 0.1) is 0 Å². The molecule has 0 radical (unpaired) electrons. The highest BCUT2D eigenvalue weighted by Crippen LogP contribution is 2.27. The summed E-state index contributed by atoms with van der Waals surface area (Å²) in [6.07, 6.45) is 13.8. The second-order valence-corrected chi connectivity index (χ2v) is 7.30. The quantitative estimate of drug-likeness (QED) is 0.722. The summed E-state index contributed by atoms with van der Waals surface area (Å²) in [6.45, 7) is 5.13. The van der Waals surface area contributed by atoms with Gasteiger partial charge in [-0.05, 0) is 50.2 Å². The van der Waals surface area contributed by atoms with E-state index in [-0.39, 0.29) is 0 Å². The zero-order valence-corrected chi connectivity index (χ0v) is 13.5. The van der Waals surface area contributed by atoms with Crippen LogP contribution in [0, 0.1) is 5.92 Å². The highest BCUT2D eigenvalue weighted by atomic mass is 32.2.